The molecule has 0 radical (unpaired) electrons. The molecule has 0 unspecified atom stereocenters. The molecule has 3 rings (SSSR count). The van der Waals surface area contributed by atoms with E-state index >= 15 is 0 Å². The molecule has 0 N–H and O–H groups in total. The molecule has 26 heavy (non-hydrogen) atoms. The molecule has 0 spiro atoms. The number of rotatable bonds is 4. The van der Waals surface area contributed by atoms with Crippen LogP contribution in [0, 0.1) is 5.92 Å². The van der Waals surface area contributed by atoms with Gasteiger partial charge in [0.05, 0.1) is 18.4 Å². The Kier molecular flexibility index (Phi) is 5.04. The molecular weight excluding hydrogens is 332 g/mol. The second kappa shape index (κ2) is 6.97. The van der Waals surface area contributed by atoms with Gasteiger partial charge in [0, 0.05) is 23.9 Å². The van der Waals surface area contributed by atoms with Crippen molar-refractivity contribution in [1.82, 2.24) is 9.97 Å². The SMILES string of the molecule is COC(=O)C1(c2cnc(C3CCC(C(=O)OC(C)(C)C)CC3)nc2)CC1. The first kappa shape index (κ1) is 18.8. The lowest BCUT2D eigenvalue weighted by atomic mass is 9.81. The van der Waals surface area contributed by atoms with Gasteiger partial charge in [-0.25, -0.2) is 9.97 Å². The molecule has 0 atom stereocenters. The van der Waals surface area contributed by atoms with Gasteiger partial charge >= 0.3 is 11.9 Å². The average Bonchev–Trinajstić information content (AvgIpc) is 3.42. The summed E-state index contributed by atoms with van der Waals surface area (Å²) in [6, 6.07) is 0. The van der Waals surface area contributed by atoms with Gasteiger partial charge in [0.15, 0.2) is 0 Å². The topological polar surface area (TPSA) is 78.4 Å². The number of hydrogen-bond donors (Lipinski definition) is 0. The summed E-state index contributed by atoms with van der Waals surface area (Å²) in [5.74, 6) is 0.736. The molecule has 6 heteroatoms. The molecule has 0 bridgehead atoms. The Morgan fingerprint density at radius 3 is 2.12 bits per heavy atom. The average molecular weight is 360 g/mol. The van der Waals surface area contributed by atoms with E-state index in [4.69, 9.17) is 9.47 Å². The summed E-state index contributed by atoms with van der Waals surface area (Å²) >= 11 is 0. The Morgan fingerprint density at radius 1 is 1.08 bits per heavy atom. The van der Waals surface area contributed by atoms with Crippen LogP contribution in [-0.4, -0.2) is 34.6 Å². The lowest BCUT2D eigenvalue weighted by Crippen LogP contribution is -2.31. The highest BCUT2D eigenvalue weighted by molar-refractivity contribution is 5.86. The van der Waals surface area contributed by atoms with Crippen LogP contribution in [0.4, 0.5) is 0 Å². The first-order valence-corrected chi connectivity index (χ1v) is 9.39. The summed E-state index contributed by atoms with van der Waals surface area (Å²) in [5.41, 5.74) is -0.122. The number of carbonyl (C=O) groups is 2. The molecule has 6 nitrogen and oxygen atoms in total. The molecule has 0 saturated heterocycles. The number of ether oxygens (including phenoxy) is 2. The zero-order valence-electron chi connectivity index (χ0n) is 16.1. The molecule has 1 heterocycles. The van der Waals surface area contributed by atoms with Gasteiger partial charge in [-0.15, -0.1) is 0 Å². The molecule has 2 aliphatic carbocycles. The van der Waals surface area contributed by atoms with Crippen LogP contribution in [-0.2, 0) is 24.5 Å². The third-order valence-electron chi connectivity index (χ3n) is 5.38. The van der Waals surface area contributed by atoms with Gasteiger partial charge in [-0.1, -0.05) is 0 Å². The maximum Gasteiger partial charge on any atom is 0.316 e. The fourth-order valence-electron chi connectivity index (χ4n) is 3.70. The molecule has 0 amide bonds. The minimum atomic E-state index is -0.526. The monoisotopic (exact) mass is 360 g/mol. The van der Waals surface area contributed by atoms with E-state index < -0.39 is 11.0 Å². The molecule has 142 valence electrons. The van der Waals surface area contributed by atoms with E-state index in [1.807, 2.05) is 20.8 Å². The Balaban J connectivity index is 1.59. The van der Waals surface area contributed by atoms with Crippen molar-refractivity contribution >= 4 is 11.9 Å². The van der Waals surface area contributed by atoms with Crippen molar-refractivity contribution in [3.05, 3.63) is 23.8 Å². The van der Waals surface area contributed by atoms with Gasteiger partial charge in [0.2, 0.25) is 0 Å². The van der Waals surface area contributed by atoms with Crippen molar-refractivity contribution in [3.8, 4) is 0 Å². The summed E-state index contributed by atoms with van der Waals surface area (Å²) in [6.45, 7) is 5.69. The van der Waals surface area contributed by atoms with Crippen LogP contribution in [0.3, 0.4) is 0 Å². The standard InChI is InChI=1S/C20H28N2O4/c1-19(2,3)26-17(23)14-7-5-13(6-8-14)16-21-11-15(12-22-16)20(9-10-20)18(24)25-4/h11-14H,5-10H2,1-4H3. The quantitative estimate of drug-likeness (QED) is 0.767. The van der Waals surface area contributed by atoms with Crippen LogP contribution in [0.25, 0.3) is 0 Å². The Hall–Kier alpha value is -1.98. The van der Waals surface area contributed by atoms with Crippen LogP contribution in [0.1, 0.15) is 76.6 Å². The number of nitrogens with zero attached hydrogens (tertiary/aromatic N) is 2. The number of methoxy groups -OCH3 is 1. The number of carbonyl (C=O) groups excluding carboxylic acids is 2. The second-order valence-electron chi connectivity index (χ2n) is 8.49. The van der Waals surface area contributed by atoms with Gasteiger partial charge in [-0.2, -0.15) is 0 Å². The van der Waals surface area contributed by atoms with E-state index in [0.717, 1.165) is 49.9 Å². The third-order valence-corrected chi connectivity index (χ3v) is 5.38. The molecule has 0 aromatic carbocycles. The fourth-order valence-corrected chi connectivity index (χ4v) is 3.70. The van der Waals surface area contributed by atoms with Gasteiger partial charge in [0.1, 0.15) is 11.4 Å². The highest BCUT2D eigenvalue weighted by Gasteiger charge is 2.53. The summed E-state index contributed by atoms with van der Waals surface area (Å²) < 4.78 is 10.4. The van der Waals surface area contributed by atoms with Crippen molar-refractivity contribution < 1.29 is 19.1 Å². The second-order valence-corrected chi connectivity index (χ2v) is 8.49. The number of hydrogen-bond acceptors (Lipinski definition) is 6. The molecule has 2 saturated carbocycles. The van der Waals surface area contributed by atoms with Crippen molar-refractivity contribution in [1.29, 1.82) is 0 Å². The van der Waals surface area contributed by atoms with Crippen molar-refractivity contribution in [3.63, 3.8) is 0 Å². The van der Waals surface area contributed by atoms with E-state index in [1.165, 1.54) is 7.11 Å². The van der Waals surface area contributed by atoms with E-state index in [0.29, 0.717) is 0 Å². The summed E-state index contributed by atoms with van der Waals surface area (Å²) in [6.07, 6.45) is 8.50. The zero-order valence-corrected chi connectivity index (χ0v) is 16.1. The first-order chi connectivity index (χ1) is 12.2. The lowest BCUT2D eigenvalue weighted by Gasteiger charge is -2.29. The van der Waals surface area contributed by atoms with Gasteiger partial charge in [0.25, 0.3) is 0 Å². The summed E-state index contributed by atoms with van der Waals surface area (Å²) in [7, 11) is 1.42. The van der Waals surface area contributed by atoms with E-state index in [2.05, 4.69) is 9.97 Å². The van der Waals surface area contributed by atoms with Gasteiger partial charge in [-0.3, -0.25) is 9.59 Å². The third kappa shape index (κ3) is 3.89. The molecular formula is C20H28N2O4. The van der Waals surface area contributed by atoms with Gasteiger partial charge < -0.3 is 9.47 Å². The van der Waals surface area contributed by atoms with E-state index in [-0.39, 0.29) is 23.8 Å². The predicted octanol–water partition coefficient (Wildman–Crippen LogP) is 3.30. The minimum Gasteiger partial charge on any atom is -0.468 e. The summed E-state index contributed by atoms with van der Waals surface area (Å²) in [5, 5.41) is 0. The smallest absolute Gasteiger partial charge is 0.316 e. The highest BCUT2D eigenvalue weighted by Crippen LogP contribution is 2.49. The largest absolute Gasteiger partial charge is 0.468 e. The Labute approximate surface area is 154 Å². The molecule has 2 fully saturated rings. The Bertz CT molecular complexity index is 666. The van der Waals surface area contributed by atoms with Crippen LogP contribution >= 0.6 is 0 Å². The van der Waals surface area contributed by atoms with Crippen LogP contribution in [0.15, 0.2) is 12.4 Å². The number of esters is 2. The minimum absolute atomic E-state index is 0.0289. The van der Waals surface area contributed by atoms with Crippen molar-refractivity contribution in [2.24, 2.45) is 5.92 Å². The van der Waals surface area contributed by atoms with Crippen molar-refractivity contribution in [2.45, 2.75) is 76.2 Å². The molecule has 1 aromatic heterocycles. The maximum atomic E-state index is 12.2. The van der Waals surface area contributed by atoms with Crippen LogP contribution < -0.4 is 0 Å². The van der Waals surface area contributed by atoms with E-state index in [9.17, 15) is 9.59 Å². The fraction of sp³-hybridized carbons (Fsp3) is 0.700. The zero-order chi connectivity index (χ0) is 18.9. The summed E-state index contributed by atoms with van der Waals surface area (Å²) in [4.78, 5) is 33.2. The Morgan fingerprint density at radius 2 is 1.65 bits per heavy atom. The first-order valence-electron chi connectivity index (χ1n) is 9.39. The number of aromatic nitrogens is 2. The predicted molar refractivity (Wildman–Crippen MR) is 95.5 cm³/mol. The molecule has 2 aliphatic rings. The maximum absolute atomic E-state index is 12.2. The molecule has 0 aliphatic heterocycles. The van der Waals surface area contributed by atoms with Crippen LogP contribution in [0.5, 0.6) is 0 Å². The van der Waals surface area contributed by atoms with Crippen molar-refractivity contribution in [2.75, 3.05) is 7.11 Å². The normalized spacial score (nSPS) is 24.6. The molecule has 1 aromatic rings. The highest BCUT2D eigenvalue weighted by atomic mass is 16.6. The lowest BCUT2D eigenvalue weighted by molar-refractivity contribution is -0.161. The van der Waals surface area contributed by atoms with Crippen LogP contribution in [0.2, 0.25) is 0 Å². The van der Waals surface area contributed by atoms with E-state index in [1.54, 1.807) is 12.4 Å². The van der Waals surface area contributed by atoms with Gasteiger partial charge in [-0.05, 0) is 59.3 Å².